The molecular weight excluding hydrogens is 516 g/mol. The zero-order chi connectivity index (χ0) is 27.0. The van der Waals surface area contributed by atoms with Crippen LogP contribution in [0.25, 0.3) is 0 Å². The molecule has 0 aromatic heterocycles. The van der Waals surface area contributed by atoms with Gasteiger partial charge in [0.2, 0.25) is 0 Å². The molecule has 39 heavy (non-hydrogen) atoms. The van der Waals surface area contributed by atoms with Crippen LogP contribution in [-0.4, -0.2) is 53.7 Å². The number of likely N-dealkylation sites (N-methyl/N-ethyl adjacent to an activating group) is 1. The Balaban J connectivity index is 1.48. The van der Waals surface area contributed by atoms with E-state index in [1.165, 1.54) is 0 Å². The van der Waals surface area contributed by atoms with Crippen molar-refractivity contribution in [3.05, 3.63) is 111 Å². The molecule has 3 heterocycles. The Morgan fingerprint density at radius 1 is 1.08 bits per heavy atom. The Hall–Kier alpha value is -3.93. The van der Waals surface area contributed by atoms with E-state index in [9.17, 15) is 5.11 Å². The molecule has 0 radical (unpaired) electrons. The van der Waals surface area contributed by atoms with Gasteiger partial charge in [-0.3, -0.25) is 0 Å². The van der Waals surface area contributed by atoms with E-state index in [4.69, 9.17) is 21.7 Å². The summed E-state index contributed by atoms with van der Waals surface area (Å²) >= 11 is 6.34. The van der Waals surface area contributed by atoms with Crippen LogP contribution in [0.4, 0.5) is 5.69 Å². The molecule has 3 aliphatic rings. The lowest BCUT2D eigenvalue weighted by atomic mass is 9.81. The van der Waals surface area contributed by atoms with Crippen LogP contribution in [0.15, 0.2) is 88.7 Å². The lowest BCUT2D eigenvalue weighted by molar-refractivity contribution is 0.0930. The monoisotopic (exact) mass is 544 g/mol. The molecule has 10 nitrogen and oxygen atoms in total. The summed E-state index contributed by atoms with van der Waals surface area (Å²) in [6.45, 7) is 1.82. The average Bonchev–Trinajstić information content (AvgIpc) is 3.61. The highest BCUT2D eigenvalue weighted by Gasteiger charge is 2.41. The first-order valence-corrected chi connectivity index (χ1v) is 13.0. The number of nitrogens with zero attached hydrogens (tertiary/aromatic N) is 4. The molecule has 0 saturated carbocycles. The number of halogens is 1. The first kappa shape index (κ1) is 25.4. The Kier molecular flexibility index (Phi) is 6.71. The molecule has 3 aromatic carbocycles. The summed E-state index contributed by atoms with van der Waals surface area (Å²) in [5.41, 5.74) is 10.8. The third kappa shape index (κ3) is 4.52. The standard InChI is InChI=1S/C28H29ClN8O2/c1-36-17-31-16-25(36)28(39,20-7-5-18(6-8-20)15-30-11-12-38)21-9-10-24-23(14-21)26(19-3-2-4-22(29)13-19)32-27-33-34-35-37(24)27/h2-10,13-14,16,30-31,34-35,38-39H,11-12,15,17H2,1H3. The van der Waals surface area contributed by atoms with Crippen molar-refractivity contribution < 1.29 is 10.2 Å². The second-order valence-corrected chi connectivity index (χ2v) is 10.0. The molecular formula is C28H29ClN8O2. The number of anilines is 1. The predicted molar refractivity (Wildman–Crippen MR) is 152 cm³/mol. The van der Waals surface area contributed by atoms with Gasteiger partial charge in [-0.05, 0) is 41.0 Å². The zero-order valence-electron chi connectivity index (χ0n) is 21.3. The number of rotatable bonds is 8. The minimum absolute atomic E-state index is 0.0838. The van der Waals surface area contributed by atoms with Gasteiger partial charge < -0.3 is 25.7 Å². The summed E-state index contributed by atoms with van der Waals surface area (Å²) in [6.07, 6.45) is 1.86. The van der Waals surface area contributed by atoms with E-state index in [-0.39, 0.29) is 6.61 Å². The van der Waals surface area contributed by atoms with Gasteiger partial charge in [-0.1, -0.05) is 54.1 Å². The average molecular weight is 545 g/mol. The molecule has 6 N–H and O–H groups in total. The van der Waals surface area contributed by atoms with Gasteiger partial charge in [0.05, 0.1) is 30.4 Å². The number of hydrazone groups is 1. The van der Waals surface area contributed by atoms with Gasteiger partial charge in [-0.2, -0.15) is 0 Å². The quantitative estimate of drug-likeness (QED) is 0.238. The minimum atomic E-state index is -1.45. The Morgan fingerprint density at radius 3 is 2.64 bits per heavy atom. The van der Waals surface area contributed by atoms with Crippen LogP contribution < -0.4 is 26.7 Å². The van der Waals surface area contributed by atoms with Crippen LogP contribution in [-0.2, 0) is 12.1 Å². The number of benzene rings is 3. The summed E-state index contributed by atoms with van der Waals surface area (Å²) in [5, 5.41) is 34.7. The normalized spacial score (nSPS) is 17.4. The summed E-state index contributed by atoms with van der Waals surface area (Å²) in [6, 6.07) is 21.3. The number of hydrogen-bond acceptors (Lipinski definition) is 10. The number of hydrazine groups is 2. The first-order chi connectivity index (χ1) is 19.0. The van der Waals surface area contributed by atoms with Crippen molar-refractivity contribution in [2.24, 2.45) is 10.1 Å². The number of aliphatic hydroxyl groups is 2. The number of hydrogen-bond donors (Lipinski definition) is 6. The molecule has 0 saturated heterocycles. The number of aliphatic imine (C=N–C) groups is 1. The Bertz CT molecular complexity index is 1490. The molecule has 11 heteroatoms. The van der Waals surface area contributed by atoms with Crippen LogP contribution >= 0.6 is 11.6 Å². The van der Waals surface area contributed by atoms with E-state index in [0.29, 0.717) is 42.0 Å². The number of aliphatic hydroxyl groups excluding tert-OH is 1. The fourth-order valence-electron chi connectivity index (χ4n) is 5.12. The highest BCUT2D eigenvalue weighted by Crippen LogP contribution is 2.41. The first-order valence-electron chi connectivity index (χ1n) is 12.7. The van der Waals surface area contributed by atoms with E-state index in [0.717, 1.165) is 33.6 Å². The van der Waals surface area contributed by atoms with Crippen LogP contribution in [0.5, 0.6) is 0 Å². The minimum Gasteiger partial charge on any atom is -0.395 e. The van der Waals surface area contributed by atoms with Crippen molar-refractivity contribution in [2.75, 3.05) is 31.9 Å². The maximum Gasteiger partial charge on any atom is 0.265 e. The summed E-state index contributed by atoms with van der Waals surface area (Å²) in [5.74, 6) is 0.480. The number of guanidine groups is 1. The summed E-state index contributed by atoms with van der Waals surface area (Å²) < 4.78 is 0. The third-order valence-electron chi connectivity index (χ3n) is 7.08. The van der Waals surface area contributed by atoms with Crippen molar-refractivity contribution in [3.63, 3.8) is 0 Å². The highest BCUT2D eigenvalue weighted by atomic mass is 35.5. The van der Waals surface area contributed by atoms with Gasteiger partial charge in [0.25, 0.3) is 5.96 Å². The second-order valence-electron chi connectivity index (χ2n) is 9.57. The lowest BCUT2D eigenvalue weighted by Crippen LogP contribution is -2.44. The number of nitrogens with one attached hydrogen (secondary N) is 4. The van der Waals surface area contributed by atoms with E-state index >= 15 is 0 Å². The molecule has 0 bridgehead atoms. The smallest absolute Gasteiger partial charge is 0.265 e. The predicted octanol–water partition coefficient (Wildman–Crippen LogP) is 1.94. The Labute approximate surface area is 231 Å². The van der Waals surface area contributed by atoms with E-state index < -0.39 is 5.60 Å². The number of fused-ring (bicyclic) bond motifs is 3. The lowest BCUT2D eigenvalue weighted by Gasteiger charge is -2.35. The van der Waals surface area contributed by atoms with Gasteiger partial charge in [-0.25, -0.2) is 15.5 Å². The molecule has 0 spiro atoms. The molecule has 0 amide bonds. The second kappa shape index (κ2) is 10.3. The summed E-state index contributed by atoms with van der Waals surface area (Å²) in [4.78, 5) is 6.82. The highest BCUT2D eigenvalue weighted by molar-refractivity contribution is 6.32. The van der Waals surface area contributed by atoms with Crippen LogP contribution in [0.3, 0.4) is 0 Å². The van der Waals surface area contributed by atoms with Gasteiger partial charge in [0.1, 0.15) is 0 Å². The van der Waals surface area contributed by atoms with Crippen LogP contribution in [0.2, 0.25) is 5.02 Å². The van der Waals surface area contributed by atoms with E-state index in [1.807, 2.05) is 84.9 Å². The van der Waals surface area contributed by atoms with Crippen LogP contribution in [0.1, 0.15) is 27.8 Å². The van der Waals surface area contributed by atoms with Crippen LogP contribution in [0, 0.1) is 0 Å². The maximum atomic E-state index is 12.6. The fourth-order valence-corrected chi connectivity index (χ4v) is 5.31. The van der Waals surface area contributed by atoms with Crippen molar-refractivity contribution in [2.45, 2.75) is 12.1 Å². The van der Waals surface area contributed by atoms with Crippen molar-refractivity contribution in [1.29, 1.82) is 0 Å². The van der Waals surface area contributed by atoms with Gasteiger partial charge in [0, 0.05) is 42.5 Å². The molecule has 3 aliphatic heterocycles. The van der Waals surface area contributed by atoms with Gasteiger partial charge in [-0.15, -0.1) is 10.6 Å². The molecule has 0 fully saturated rings. The maximum absolute atomic E-state index is 12.6. The molecule has 1 atom stereocenters. The molecule has 3 aromatic rings. The Morgan fingerprint density at radius 2 is 1.90 bits per heavy atom. The topological polar surface area (TPSA) is 120 Å². The molecule has 1 unspecified atom stereocenters. The fraction of sp³-hybridized carbons (Fsp3) is 0.214. The van der Waals surface area contributed by atoms with Crippen molar-refractivity contribution in [1.82, 2.24) is 26.6 Å². The third-order valence-corrected chi connectivity index (χ3v) is 7.31. The largest absolute Gasteiger partial charge is 0.395 e. The zero-order valence-corrected chi connectivity index (χ0v) is 22.1. The molecule has 0 aliphatic carbocycles. The van der Waals surface area contributed by atoms with Gasteiger partial charge in [0.15, 0.2) is 5.60 Å². The summed E-state index contributed by atoms with van der Waals surface area (Å²) in [7, 11) is 1.95. The van der Waals surface area contributed by atoms with E-state index in [1.54, 1.807) is 5.01 Å². The van der Waals surface area contributed by atoms with E-state index in [2.05, 4.69) is 26.8 Å². The van der Waals surface area contributed by atoms with Gasteiger partial charge >= 0.3 is 0 Å². The molecule has 6 rings (SSSR count). The van der Waals surface area contributed by atoms with Crippen molar-refractivity contribution in [3.8, 4) is 0 Å². The van der Waals surface area contributed by atoms with Crippen molar-refractivity contribution >= 4 is 29.0 Å². The molecule has 200 valence electrons. The SMILES string of the molecule is CN1CNC=C1C(O)(c1ccc(CNCCO)cc1)c1ccc2c(c1)C(c1cccc(Cl)c1)=NC1=NNNN12.